The van der Waals surface area contributed by atoms with Crippen molar-refractivity contribution in [3.63, 3.8) is 0 Å². The Morgan fingerprint density at radius 3 is 1.65 bits per heavy atom. The number of hydrogen-bond acceptors (Lipinski definition) is 3. The molecule has 0 bridgehead atoms. The predicted octanol–water partition coefficient (Wildman–Crippen LogP) is 6.55. The van der Waals surface area contributed by atoms with E-state index >= 15 is 0 Å². The van der Waals surface area contributed by atoms with Crippen molar-refractivity contribution in [1.82, 2.24) is 19.4 Å². The summed E-state index contributed by atoms with van der Waals surface area (Å²) < 4.78 is 2.40. The first kappa shape index (κ1) is 33.3. The first-order valence-electron chi connectivity index (χ1n) is 12.9. The number of rotatable bonds is 7. The van der Waals surface area contributed by atoms with Crippen LogP contribution in [-0.4, -0.2) is 57.6 Å². The number of para-hydroxylation sites is 2. The third-order valence-electron chi connectivity index (χ3n) is 7.33. The second-order valence-corrected chi connectivity index (χ2v) is 9.54. The second-order valence-electron chi connectivity index (χ2n) is 9.54. The molecule has 0 spiro atoms. The molecule has 40 heavy (non-hydrogen) atoms. The van der Waals surface area contributed by atoms with Gasteiger partial charge in [0.15, 0.2) is 0 Å². The standard InChI is InChI=1S/C32H32N4.3ClH.H2O/c1-4-12-26(13-5-1)31(27-14-6-2-7-15-27)35-23-20-34(21-24-35)22-25-36-30-19-11-10-18-29(30)33-32(36)28-16-8-3-9-17-28;;;;/h1-19,31H,20-25H2;3*1H;1H2. The van der Waals surface area contributed by atoms with Crippen molar-refractivity contribution >= 4 is 48.3 Å². The lowest BCUT2D eigenvalue weighted by molar-refractivity contribution is 0.107. The van der Waals surface area contributed by atoms with E-state index < -0.39 is 0 Å². The number of nitrogens with zero attached hydrogens (tertiary/aromatic N) is 4. The Balaban J connectivity index is 0.00000140. The van der Waals surface area contributed by atoms with Gasteiger partial charge < -0.3 is 10.0 Å². The molecular weight excluding hydrogens is 563 g/mol. The third-order valence-corrected chi connectivity index (χ3v) is 7.33. The molecule has 1 aliphatic rings. The monoisotopic (exact) mass is 598 g/mol. The summed E-state index contributed by atoms with van der Waals surface area (Å²) >= 11 is 0. The van der Waals surface area contributed by atoms with Crippen LogP contribution in [0.4, 0.5) is 0 Å². The summed E-state index contributed by atoms with van der Waals surface area (Å²) in [5.74, 6) is 1.06. The molecule has 0 unspecified atom stereocenters. The Morgan fingerprint density at radius 1 is 0.575 bits per heavy atom. The van der Waals surface area contributed by atoms with E-state index in [2.05, 4.69) is 130 Å². The van der Waals surface area contributed by atoms with Gasteiger partial charge in [-0.1, -0.05) is 103 Å². The highest BCUT2D eigenvalue weighted by Crippen LogP contribution is 2.30. The van der Waals surface area contributed by atoms with E-state index in [9.17, 15) is 0 Å². The van der Waals surface area contributed by atoms with Crippen LogP contribution in [0, 0.1) is 0 Å². The molecule has 4 aromatic carbocycles. The molecule has 0 saturated carbocycles. The molecule has 6 rings (SSSR count). The van der Waals surface area contributed by atoms with Crippen molar-refractivity contribution in [2.45, 2.75) is 12.6 Å². The number of hydrogen-bond donors (Lipinski definition) is 0. The molecule has 1 saturated heterocycles. The minimum atomic E-state index is 0. The van der Waals surface area contributed by atoms with Crippen molar-refractivity contribution in [2.75, 3.05) is 32.7 Å². The topological polar surface area (TPSA) is 55.8 Å². The van der Waals surface area contributed by atoms with Gasteiger partial charge in [0.1, 0.15) is 5.82 Å². The third kappa shape index (κ3) is 7.24. The maximum absolute atomic E-state index is 4.99. The van der Waals surface area contributed by atoms with Crippen molar-refractivity contribution in [2.24, 2.45) is 0 Å². The van der Waals surface area contributed by atoms with Gasteiger partial charge in [0, 0.05) is 44.8 Å². The van der Waals surface area contributed by atoms with Gasteiger partial charge in [0.05, 0.1) is 17.1 Å². The van der Waals surface area contributed by atoms with Gasteiger partial charge >= 0.3 is 0 Å². The van der Waals surface area contributed by atoms with Crippen LogP contribution >= 0.6 is 37.2 Å². The molecule has 0 amide bonds. The number of halogens is 3. The summed E-state index contributed by atoms with van der Waals surface area (Å²) in [5, 5.41) is 0. The Labute approximate surface area is 255 Å². The maximum Gasteiger partial charge on any atom is 0.141 e. The molecule has 5 aromatic rings. The van der Waals surface area contributed by atoms with Crippen molar-refractivity contribution in [3.8, 4) is 11.4 Å². The number of benzene rings is 4. The first-order chi connectivity index (χ1) is 17.9. The van der Waals surface area contributed by atoms with E-state index in [1.807, 2.05) is 0 Å². The fraction of sp³-hybridized carbons (Fsp3) is 0.219. The van der Waals surface area contributed by atoms with Gasteiger partial charge in [0.2, 0.25) is 0 Å². The summed E-state index contributed by atoms with van der Waals surface area (Å²) in [6.45, 7) is 6.23. The van der Waals surface area contributed by atoms with Gasteiger partial charge in [0.25, 0.3) is 0 Å². The molecule has 8 heteroatoms. The average molecular weight is 600 g/mol. The normalized spacial score (nSPS) is 13.5. The fourth-order valence-electron chi connectivity index (χ4n) is 5.48. The highest BCUT2D eigenvalue weighted by atomic mass is 35.5. The van der Waals surface area contributed by atoms with Gasteiger partial charge in [-0.15, -0.1) is 37.2 Å². The minimum Gasteiger partial charge on any atom is -0.412 e. The molecule has 2 heterocycles. The van der Waals surface area contributed by atoms with E-state index in [0.717, 1.165) is 50.6 Å². The quantitative estimate of drug-likeness (QED) is 0.213. The van der Waals surface area contributed by atoms with Gasteiger partial charge in [-0.3, -0.25) is 9.80 Å². The summed E-state index contributed by atoms with van der Waals surface area (Å²) in [4.78, 5) is 10.2. The summed E-state index contributed by atoms with van der Waals surface area (Å²) in [6.07, 6.45) is 0. The van der Waals surface area contributed by atoms with E-state index in [1.54, 1.807) is 0 Å². The number of piperazine rings is 1. The van der Waals surface area contributed by atoms with Crippen LogP contribution in [0.3, 0.4) is 0 Å². The van der Waals surface area contributed by atoms with E-state index in [-0.39, 0.29) is 42.7 Å². The zero-order chi connectivity index (χ0) is 24.2. The van der Waals surface area contributed by atoms with E-state index in [0.29, 0.717) is 6.04 Å². The lowest BCUT2D eigenvalue weighted by Gasteiger charge is -2.40. The molecule has 212 valence electrons. The molecule has 0 radical (unpaired) electrons. The van der Waals surface area contributed by atoms with Gasteiger partial charge in [-0.25, -0.2) is 4.98 Å². The Kier molecular flexibility index (Phi) is 13.1. The highest BCUT2D eigenvalue weighted by molar-refractivity contribution is 5.86. The first-order valence-corrected chi connectivity index (χ1v) is 12.9. The van der Waals surface area contributed by atoms with Gasteiger partial charge in [-0.05, 0) is 23.3 Å². The van der Waals surface area contributed by atoms with Crippen LogP contribution in [-0.2, 0) is 6.54 Å². The van der Waals surface area contributed by atoms with Crippen LogP contribution in [0.5, 0.6) is 0 Å². The molecule has 0 aliphatic carbocycles. The Morgan fingerprint density at radius 2 is 1.07 bits per heavy atom. The molecular formula is C32H37Cl3N4O. The number of imidazole rings is 1. The number of aromatic nitrogens is 2. The SMILES string of the molecule is Cl.Cl.Cl.O.c1ccc(-c2nc3ccccc3n2CCN2CCN(C(c3ccccc3)c3ccccc3)CC2)cc1. The summed E-state index contributed by atoms with van der Waals surface area (Å²) in [6, 6.07) is 41.2. The molecule has 2 N–H and O–H groups in total. The van der Waals surface area contributed by atoms with Gasteiger partial charge in [-0.2, -0.15) is 0 Å². The largest absolute Gasteiger partial charge is 0.412 e. The average Bonchev–Trinajstić information content (AvgIpc) is 3.33. The smallest absolute Gasteiger partial charge is 0.141 e. The van der Waals surface area contributed by atoms with Crippen LogP contribution in [0.25, 0.3) is 22.4 Å². The van der Waals surface area contributed by atoms with Crippen molar-refractivity contribution < 1.29 is 5.48 Å². The molecule has 1 aromatic heterocycles. The second kappa shape index (κ2) is 15.8. The van der Waals surface area contributed by atoms with E-state index in [4.69, 9.17) is 4.98 Å². The Bertz CT molecular complexity index is 1370. The van der Waals surface area contributed by atoms with Crippen molar-refractivity contribution in [1.29, 1.82) is 0 Å². The predicted molar refractivity (Wildman–Crippen MR) is 173 cm³/mol. The van der Waals surface area contributed by atoms with Crippen LogP contribution < -0.4 is 0 Å². The molecule has 5 nitrogen and oxygen atoms in total. The maximum atomic E-state index is 4.99. The van der Waals surface area contributed by atoms with E-state index in [1.165, 1.54) is 22.2 Å². The van der Waals surface area contributed by atoms with Crippen LogP contribution in [0.2, 0.25) is 0 Å². The minimum absolute atomic E-state index is 0. The zero-order valence-electron chi connectivity index (χ0n) is 22.3. The number of fused-ring (bicyclic) bond motifs is 1. The zero-order valence-corrected chi connectivity index (χ0v) is 24.8. The lowest BCUT2D eigenvalue weighted by atomic mass is 9.96. The summed E-state index contributed by atoms with van der Waals surface area (Å²) in [7, 11) is 0. The summed E-state index contributed by atoms with van der Waals surface area (Å²) in [5.41, 5.74) is 6.19. The Hall–Kier alpha value is -2.90. The highest BCUT2D eigenvalue weighted by Gasteiger charge is 2.26. The molecule has 1 fully saturated rings. The molecule has 0 atom stereocenters. The van der Waals surface area contributed by atoms with Crippen LogP contribution in [0.15, 0.2) is 115 Å². The van der Waals surface area contributed by atoms with Crippen LogP contribution in [0.1, 0.15) is 17.2 Å². The lowest BCUT2D eigenvalue weighted by Crippen LogP contribution is -2.48. The van der Waals surface area contributed by atoms with Crippen molar-refractivity contribution in [3.05, 3.63) is 126 Å². The fourth-order valence-corrected chi connectivity index (χ4v) is 5.48. The molecule has 1 aliphatic heterocycles.